The fourth-order valence-electron chi connectivity index (χ4n) is 1.21. The van der Waals surface area contributed by atoms with E-state index in [-0.39, 0.29) is 16.4 Å². The van der Waals surface area contributed by atoms with E-state index in [1.165, 1.54) is 0 Å². The van der Waals surface area contributed by atoms with Gasteiger partial charge in [-0.15, -0.1) is 0 Å². The number of hydrogen-bond donors (Lipinski definition) is 0. The van der Waals surface area contributed by atoms with Crippen molar-refractivity contribution < 1.29 is 8.85 Å². The monoisotopic (exact) mass is 290 g/mol. The van der Waals surface area contributed by atoms with Crippen molar-refractivity contribution in [2.24, 2.45) is 0 Å². The molecule has 4 heteroatoms. The van der Waals surface area contributed by atoms with Crippen molar-refractivity contribution in [3.8, 4) is 0 Å². The van der Waals surface area contributed by atoms with Gasteiger partial charge in [0.2, 0.25) is 0 Å². The second kappa shape index (κ2) is 5.39. The van der Waals surface area contributed by atoms with E-state index < -0.39 is 16.6 Å². The van der Waals surface area contributed by atoms with Crippen LogP contribution in [0.3, 0.4) is 0 Å². The normalized spacial score (nSPS) is 15.3. The van der Waals surface area contributed by atoms with Crippen molar-refractivity contribution in [1.29, 1.82) is 0 Å². The van der Waals surface area contributed by atoms with E-state index in [1.807, 2.05) is 0 Å². The van der Waals surface area contributed by atoms with Crippen LogP contribution < -0.4 is 0 Å². The lowest BCUT2D eigenvalue weighted by molar-refractivity contribution is -0.000738. The fourth-order valence-corrected chi connectivity index (χ4v) is 3.77. The average Bonchev–Trinajstić information content (AvgIpc) is 1.95. The van der Waals surface area contributed by atoms with Crippen LogP contribution in [0.2, 0.25) is 36.3 Å². The van der Waals surface area contributed by atoms with Gasteiger partial charge in [-0.25, -0.2) is 0 Å². The van der Waals surface area contributed by atoms with E-state index in [2.05, 4.69) is 74.7 Å². The third kappa shape index (κ3) is 4.80. The molecule has 0 N–H and O–H groups in total. The maximum absolute atomic E-state index is 6.28. The molecule has 18 heavy (non-hydrogen) atoms. The minimum absolute atomic E-state index is 0.0909. The summed E-state index contributed by atoms with van der Waals surface area (Å²) in [4.78, 5) is 0. The third-order valence-electron chi connectivity index (χ3n) is 4.53. The zero-order chi connectivity index (χ0) is 15.0. The molecular formula is C14H34O2Si2. The Bertz CT molecular complexity index is 244. The lowest BCUT2D eigenvalue weighted by Gasteiger charge is -2.43. The quantitative estimate of drug-likeness (QED) is 0.511. The van der Waals surface area contributed by atoms with E-state index >= 15 is 0 Å². The first-order chi connectivity index (χ1) is 7.60. The second-order valence-electron chi connectivity index (χ2n) is 8.32. The predicted molar refractivity (Wildman–Crippen MR) is 86.0 cm³/mol. The van der Waals surface area contributed by atoms with Crippen LogP contribution in [0.25, 0.3) is 0 Å². The average molecular weight is 291 g/mol. The van der Waals surface area contributed by atoms with Crippen molar-refractivity contribution in [1.82, 2.24) is 0 Å². The fraction of sp³-hybridized carbons (Fsp3) is 1.00. The highest BCUT2D eigenvalue weighted by atomic mass is 28.4. The van der Waals surface area contributed by atoms with Crippen molar-refractivity contribution in [3.63, 3.8) is 0 Å². The van der Waals surface area contributed by atoms with Gasteiger partial charge >= 0.3 is 0 Å². The number of rotatable bonds is 4. The molecule has 0 heterocycles. The van der Waals surface area contributed by atoms with Crippen molar-refractivity contribution in [2.75, 3.05) is 0 Å². The Morgan fingerprint density at radius 3 is 1.06 bits per heavy atom. The summed E-state index contributed by atoms with van der Waals surface area (Å²) in [5, 5.41) is 0.468. The zero-order valence-corrected chi connectivity index (χ0v) is 16.4. The highest BCUT2D eigenvalue weighted by Gasteiger charge is 2.42. The largest absolute Gasteiger partial charge is 0.393 e. The van der Waals surface area contributed by atoms with Crippen LogP contribution >= 0.6 is 0 Å². The molecule has 0 unspecified atom stereocenters. The molecule has 0 spiro atoms. The molecule has 0 aliphatic heterocycles. The molecule has 0 saturated heterocycles. The summed E-state index contributed by atoms with van der Waals surface area (Å²) in [5.41, 5.74) is 0. The molecule has 0 aromatic rings. The molecule has 0 bridgehead atoms. The van der Waals surface area contributed by atoms with Crippen molar-refractivity contribution in [3.05, 3.63) is 0 Å². The molecule has 0 aromatic heterocycles. The van der Waals surface area contributed by atoms with E-state index in [9.17, 15) is 0 Å². The van der Waals surface area contributed by atoms with Crippen LogP contribution in [0.1, 0.15) is 48.5 Å². The Morgan fingerprint density at radius 1 is 0.667 bits per heavy atom. The number of hydrogen-bond acceptors (Lipinski definition) is 2. The van der Waals surface area contributed by atoms with Gasteiger partial charge < -0.3 is 8.85 Å². The van der Waals surface area contributed by atoms with Crippen molar-refractivity contribution >= 4 is 16.6 Å². The van der Waals surface area contributed by atoms with Gasteiger partial charge in [0.05, 0.1) is 0 Å². The van der Waals surface area contributed by atoms with Crippen LogP contribution in [0, 0.1) is 0 Å². The summed E-state index contributed by atoms with van der Waals surface area (Å²) >= 11 is 0. The van der Waals surface area contributed by atoms with E-state index in [0.717, 1.165) is 0 Å². The van der Waals surface area contributed by atoms with Gasteiger partial charge in [0.15, 0.2) is 16.6 Å². The minimum atomic E-state index is -1.73. The van der Waals surface area contributed by atoms with Gasteiger partial charge in [-0.2, -0.15) is 0 Å². The molecule has 110 valence electrons. The van der Waals surface area contributed by atoms with E-state index in [0.29, 0.717) is 0 Å². The van der Waals surface area contributed by atoms with Crippen LogP contribution in [0.5, 0.6) is 0 Å². The summed E-state index contributed by atoms with van der Waals surface area (Å²) in [7, 11) is -3.46. The molecule has 0 amide bonds. The Morgan fingerprint density at radius 2 is 0.889 bits per heavy atom. The van der Waals surface area contributed by atoms with Crippen molar-refractivity contribution in [2.45, 2.75) is 91.0 Å². The molecule has 0 aliphatic carbocycles. The molecule has 0 fully saturated rings. The summed E-state index contributed by atoms with van der Waals surface area (Å²) in [6.07, 6.45) is -0.0909. The van der Waals surface area contributed by atoms with Crippen LogP contribution in [-0.2, 0) is 8.85 Å². The summed E-state index contributed by atoms with van der Waals surface area (Å²) in [6, 6.07) is 0. The molecule has 0 radical (unpaired) electrons. The van der Waals surface area contributed by atoms with Gasteiger partial charge in [-0.05, 0) is 43.2 Å². The molecule has 0 aliphatic rings. The van der Waals surface area contributed by atoms with Gasteiger partial charge in [0.1, 0.15) is 6.29 Å². The Labute approximate surface area is 117 Å². The third-order valence-corrected chi connectivity index (χ3v) is 13.6. The summed E-state index contributed by atoms with van der Waals surface area (Å²) in [6.45, 7) is 24.7. The molecule has 0 rings (SSSR count). The lowest BCUT2D eigenvalue weighted by Crippen LogP contribution is -2.49. The molecule has 0 aromatic carbocycles. The smallest absolute Gasteiger partial charge is 0.195 e. The Kier molecular flexibility index (Phi) is 5.49. The first-order valence-corrected chi connectivity index (χ1v) is 12.8. The Balaban J connectivity index is 4.69. The molecule has 0 atom stereocenters. The molecular weight excluding hydrogens is 256 g/mol. The maximum atomic E-state index is 6.28. The standard InChI is InChI=1S/C14H34O2Si2/c1-12(15-17(8,9)13(2,3)4)16-18(10,11)14(5,6)7/h12H,1-11H3. The van der Waals surface area contributed by atoms with Gasteiger partial charge in [-0.3, -0.25) is 0 Å². The van der Waals surface area contributed by atoms with E-state index in [1.54, 1.807) is 0 Å². The van der Waals surface area contributed by atoms with Crippen LogP contribution in [-0.4, -0.2) is 22.9 Å². The zero-order valence-electron chi connectivity index (χ0n) is 14.4. The Hall–Kier alpha value is 0.354. The molecule has 2 nitrogen and oxygen atoms in total. The minimum Gasteiger partial charge on any atom is -0.393 e. The van der Waals surface area contributed by atoms with Gasteiger partial charge in [0, 0.05) is 0 Å². The molecule has 0 saturated carbocycles. The van der Waals surface area contributed by atoms with Crippen LogP contribution in [0.4, 0.5) is 0 Å². The van der Waals surface area contributed by atoms with Gasteiger partial charge in [0.25, 0.3) is 0 Å². The topological polar surface area (TPSA) is 18.5 Å². The maximum Gasteiger partial charge on any atom is 0.195 e. The predicted octanol–water partition coefficient (Wildman–Crippen LogP) is 5.38. The lowest BCUT2D eigenvalue weighted by atomic mass is 10.2. The summed E-state index contributed by atoms with van der Waals surface area (Å²) < 4.78 is 12.6. The highest BCUT2D eigenvalue weighted by Crippen LogP contribution is 2.40. The summed E-state index contributed by atoms with van der Waals surface area (Å²) in [5.74, 6) is 0. The first-order valence-electron chi connectivity index (χ1n) is 6.96. The van der Waals surface area contributed by atoms with Gasteiger partial charge in [-0.1, -0.05) is 41.5 Å². The first kappa shape index (κ1) is 18.4. The SMILES string of the molecule is CC(O[Si](C)(C)C(C)(C)C)O[Si](C)(C)C(C)(C)C. The highest BCUT2D eigenvalue weighted by molar-refractivity contribution is 6.75. The van der Waals surface area contributed by atoms with E-state index in [4.69, 9.17) is 8.85 Å². The second-order valence-corrected chi connectivity index (χ2v) is 17.8. The van der Waals surface area contributed by atoms with Crippen LogP contribution in [0.15, 0.2) is 0 Å².